The number of carbonyl (C=O) groups excluding carboxylic acids is 1. The zero-order valence-corrected chi connectivity index (χ0v) is 8.97. The number of piperidine rings is 1. The van der Waals surface area contributed by atoms with Gasteiger partial charge in [-0.05, 0) is 25.8 Å². The van der Waals surface area contributed by atoms with Crippen molar-refractivity contribution in [2.45, 2.75) is 31.8 Å². The van der Waals surface area contributed by atoms with Crippen molar-refractivity contribution in [1.29, 1.82) is 0 Å². The van der Waals surface area contributed by atoms with Crippen molar-refractivity contribution in [3.63, 3.8) is 0 Å². The molecular weight excluding hydrogens is 182 g/mol. The summed E-state index contributed by atoms with van der Waals surface area (Å²) < 4.78 is 10.4. The molecule has 1 heterocycles. The molecule has 1 aliphatic heterocycles. The predicted molar refractivity (Wildman–Crippen MR) is 53.1 cm³/mol. The summed E-state index contributed by atoms with van der Waals surface area (Å²) in [7, 11) is 1.41. The van der Waals surface area contributed by atoms with E-state index >= 15 is 0 Å². The van der Waals surface area contributed by atoms with Gasteiger partial charge in [-0.3, -0.25) is 0 Å². The number of hydrogen-bond donors (Lipinski definition) is 1. The van der Waals surface area contributed by atoms with E-state index in [2.05, 4.69) is 5.32 Å². The van der Waals surface area contributed by atoms with Crippen LogP contribution in [0.15, 0.2) is 0 Å². The van der Waals surface area contributed by atoms with Crippen molar-refractivity contribution in [2.75, 3.05) is 26.8 Å². The molecule has 1 atom stereocenters. The van der Waals surface area contributed by atoms with Gasteiger partial charge in [0.25, 0.3) is 0 Å². The third kappa shape index (κ3) is 2.45. The number of hydrogen-bond acceptors (Lipinski definition) is 4. The van der Waals surface area contributed by atoms with Crippen LogP contribution in [0.4, 0.5) is 0 Å². The summed E-state index contributed by atoms with van der Waals surface area (Å²) >= 11 is 0. The minimum absolute atomic E-state index is 0.252. The molecule has 0 radical (unpaired) electrons. The van der Waals surface area contributed by atoms with E-state index < -0.39 is 5.60 Å². The smallest absolute Gasteiger partial charge is 0.339 e. The number of ether oxygens (including phenoxy) is 2. The molecule has 0 amide bonds. The van der Waals surface area contributed by atoms with Crippen LogP contribution >= 0.6 is 0 Å². The molecule has 0 unspecified atom stereocenters. The van der Waals surface area contributed by atoms with Gasteiger partial charge in [0.2, 0.25) is 0 Å². The molecule has 0 spiro atoms. The molecule has 0 bridgehead atoms. The molecule has 1 saturated heterocycles. The third-order valence-corrected chi connectivity index (χ3v) is 2.48. The highest BCUT2D eigenvalue weighted by atomic mass is 16.6. The van der Waals surface area contributed by atoms with Crippen molar-refractivity contribution in [3.8, 4) is 0 Å². The molecule has 1 N–H and O–H groups in total. The SMILES string of the molecule is CCCO[C@@]1(C(=O)OC)CCCNC1. The summed E-state index contributed by atoms with van der Waals surface area (Å²) in [5.74, 6) is -0.252. The molecule has 0 saturated carbocycles. The summed E-state index contributed by atoms with van der Waals surface area (Å²) in [5, 5.41) is 3.17. The van der Waals surface area contributed by atoms with Crippen molar-refractivity contribution >= 4 is 5.97 Å². The fourth-order valence-corrected chi connectivity index (χ4v) is 1.72. The van der Waals surface area contributed by atoms with E-state index in [1.54, 1.807) is 0 Å². The Morgan fingerprint density at radius 3 is 2.86 bits per heavy atom. The van der Waals surface area contributed by atoms with E-state index in [4.69, 9.17) is 9.47 Å². The maximum atomic E-state index is 11.6. The van der Waals surface area contributed by atoms with E-state index in [-0.39, 0.29) is 5.97 Å². The molecule has 0 aliphatic carbocycles. The number of methoxy groups -OCH3 is 1. The van der Waals surface area contributed by atoms with Crippen LogP contribution in [0.2, 0.25) is 0 Å². The summed E-state index contributed by atoms with van der Waals surface area (Å²) in [5.41, 5.74) is -0.733. The Morgan fingerprint density at radius 2 is 2.36 bits per heavy atom. The highest BCUT2D eigenvalue weighted by Crippen LogP contribution is 2.22. The minimum Gasteiger partial charge on any atom is -0.467 e. The quantitative estimate of drug-likeness (QED) is 0.680. The van der Waals surface area contributed by atoms with Gasteiger partial charge in [-0.2, -0.15) is 0 Å². The Bertz CT molecular complexity index is 188. The lowest BCUT2D eigenvalue weighted by atomic mass is 9.94. The van der Waals surface area contributed by atoms with Crippen LogP contribution in [0.5, 0.6) is 0 Å². The first-order chi connectivity index (χ1) is 6.75. The molecule has 0 aromatic heterocycles. The number of carbonyl (C=O) groups is 1. The Hall–Kier alpha value is -0.610. The second kappa shape index (κ2) is 5.32. The number of rotatable bonds is 4. The molecule has 1 aliphatic rings. The molecule has 1 fully saturated rings. The standard InChI is InChI=1S/C10H19NO3/c1-3-7-14-10(9(12)13-2)5-4-6-11-8-10/h11H,3-8H2,1-2H3/t10-/m0/s1. The zero-order chi connectivity index (χ0) is 10.4. The van der Waals surface area contributed by atoms with Crippen LogP contribution in [0, 0.1) is 0 Å². The van der Waals surface area contributed by atoms with E-state index in [9.17, 15) is 4.79 Å². The van der Waals surface area contributed by atoms with Gasteiger partial charge in [0.1, 0.15) is 0 Å². The molecule has 82 valence electrons. The van der Waals surface area contributed by atoms with E-state index in [1.807, 2.05) is 6.92 Å². The first-order valence-corrected chi connectivity index (χ1v) is 5.18. The number of nitrogens with one attached hydrogen (secondary N) is 1. The summed E-state index contributed by atoms with van der Waals surface area (Å²) in [6.45, 7) is 4.16. The van der Waals surface area contributed by atoms with E-state index in [1.165, 1.54) is 7.11 Å². The maximum absolute atomic E-state index is 11.6. The van der Waals surface area contributed by atoms with Gasteiger partial charge in [0.15, 0.2) is 5.60 Å². The number of esters is 1. The fourth-order valence-electron chi connectivity index (χ4n) is 1.72. The molecular formula is C10H19NO3. The molecule has 1 rings (SSSR count). The monoisotopic (exact) mass is 201 g/mol. The van der Waals surface area contributed by atoms with Crippen molar-refractivity contribution in [2.24, 2.45) is 0 Å². The van der Waals surface area contributed by atoms with E-state index in [0.717, 1.165) is 25.8 Å². The average Bonchev–Trinajstić information content (AvgIpc) is 2.26. The van der Waals surface area contributed by atoms with Gasteiger partial charge in [0, 0.05) is 13.2 Å². The molecule has 0 aromatic carbocycles. The molecule has 4 nitrogen and oxygen atoms in total. The van der Waals surface area contributed by atoms with Gasteiger partial charge < -0.3 is 14.8 Å². The van der Waals surface area contributed by atoms with Crippen molar-refractivity contribution < 1.29 is 14.3 Å². The minimum atomic E-state index is -0.733. The summed E-state index contributed by atoms with van der Waals surface area (Å²) in [6.07, 6.45) is 2.63. The predicted octanol–water partition coefficient (Wildman–Crippen LogP) is 0.708. The first kappa shape index (κ1) is 11.5. The Kier molecular flexibility index (Phi) is 4.35. The molecule has 0 aromatic rings. The largest absolute Gasteiger partial charge is 0.467 e. The van der Waals surface area contributed by atoms with Gasteiger partial charge in [0.05, 0.1) is 7.11 Å². The van der Waals surface area contributed by atoms with E-state index in [0.29, 0.717) is 13.2 Å². The molecule has 14 heavy (non-hydrogen) atoms. The summed E-state index contributed by atoms with van der Waals surface area (Å²) in [4.78, 5) is 11.6. The highest BCUT2D eigenvalue weighted by Gasteiger charge is 2.41. The van der Waals surface area contributed by atoms with Gasteiger partial charge in [-0.15, -0.1) is 0 Å². The van der Waals surface area contributed by atoms with Crippen LogP contribution in [-0.2, 0) is 14.3 Å². The lowest BCUT2D eigenvalue weighted by Gasteiger charge is -2.34. The molecule has 4 heteroatoms. The highest BCUT2D eigenvalue weighted by molar-refractivity contribution is 5.80. The van der Waals surface area contributed by atoms with Crippen molar-refractivity contribution in [3.05, 3.63) is 0 Å². The van der Waals surface area contributed by atoms with Crippen LogP contribution in [0.3, 0.4) is 0 Å². The lowest BCUT2D eigenvalue weighted by molar-refractivity contribution is -0.172. The summed E-state index contributed by atoms with van der Waals surface area (Å²) in [6, 6.07) is 0. The third-order valence-electron chi connectivity index (χ3n) is 2.48. The normalized spacial score (nSPS) is 27.3. The lowest BCUT2D eigenvalue weighted by Crippen LogP contribution is -2.54. The topological polar surface area (TPSA) is 47.6 Å². The second-order valence-electron chi connectivity index (χ2n) is 3.61. The van der Waals surface area contributed by atoms with Gasteiger partial charge >= 0.3 is 5.97 Å². The maximum Gasteiger partial charge on any atom is 0.339 e. The van der Waals surface area contributed by atoms with Crippen LogP contribution in [0.1, 0.15) is 26.2 Å². The van der Waals surface area contributed by atoms with Crippen LogP contribution < -0.4 is 5.32 Å². The second-order valence-corrected chi connectivity index (χ2v) is 3.61. The Labute approximate surface area is 85.0 Å². The van der Waals surface area contributed by atoms with Crippen molar-refractivity contribution in [1.82, 2.24) is 5.32 Å². The zero-order valence-electron chi connectivity index (χ0n) is 8.97. The Balaban J connectivity index is 2.61. The first-order valence-electron chi connectivity index (χ1n) is 5.18. The fraction of sp³-hybridized carbons (Fsp3) is 0.900. The van der Waals surface area contributed by atoms with Gasteiger partial charge in [-0.25, -0.2) is 4.79 Å². The Morgan fingerprint density at radius 1 is 1.57 bits per heavy atom. The van der Waals surface area contributed by atoms with Gasteiger partial charge in [-0.1, -0.05) is 6.92 Å². The van der Waals surface area contributed by atoms with Crippen LogP contribution in [0.25, 0.3) is 0 Å². The van der Waals surface area contributed by atoms with Crippen LogP contribution in [-0.4, -0.2) is 38.4 Å². The average molecular weight is 201 g/mol.